The largest absolute Gasteiger partial charge is 0.490 e. The van der Waals surface area contributed by atoms with Gasteiger partial charge in [-0.2, -0.15) is 13.9 Å². The van der Waals surface area contributed by atoms with Gasteiger partial charge in [0.2, 0.25) is 0 Å². The van der Waals surface area contributed by atoms with Gasteiger partial charge in [-0.15, -0.1) is 0 Å². The van der Waals surface area contributed by atoms with Crippen molar-refractivity contribution >= 4 is 0 Å². The lowest BCUT2D eigenvalue weighted by Crippen LogP contribution is -2.45. The molecule has 0 unspecified atom stereocenters. The highest BCUT2D eigenvalue weighted by Gasteiger charge is 2.17. The van der Waals surface area contributed by atoms with Crippen LogP contribution in [0.3, 0.4) is 0 Å². The molecule has 0 saturated carbocycles. The summed E-state index contributed by atoms with van der Waals surface area (Å²) in [7, 11) is 0. The average Bonchev–Trinajstić information content (AvgIpc) is 2.50. The lowest BCUT2D eigenvalue weighted by molar-refractivity contribution is 0.0562. The maximum absolute atomic E-state index is 12.1. The quantitative estimate of drug-likeness (QED) is 0.789. The minimum Gasteiger partial charge on any atom is -0.490 e. The van der Waals surface area contributed by atoms with E-state index in [1.54, 1.807) is 0 Å². The van der Waals surface area contributed by atoms with Crippen molar-refractivity contribution in [2.75, 3.05) is 19.7 Å². The summed E-state index contributed by atoms with van der Waals surface area (Å²) in [6, 6.07) is 0. The first-order valence-corrected chi connectivity index (χ1v) is 4.41. The van der Waals surface area contributed by atoms with Crippen LogP contribution in [0.25, 0.3) is 0 Å². The molecule has 1 aliphatic rings. The number of nitrogens with zero attached hydrogens (tertiary/aromatic N) is 2. The fourth-order valence-corrected chi connectivity index (χ4v) is 1.18. The number of aromatic nitrogens is 2. The fraction of sp³-hybridized carbons (Fsp3) is 0.625. The topological polar surface area (TPSA) is 39.1 Å². The van der Waals surface area contributed by atoms with E-state index in [2.05, 4.69) is 10.4 Å². The van der Waals surface area contributed by atoms with Crippen LogP contribution in [0.1, 0.15) is 6.55 Å². The third-order valence-corrected chi connectivity index (χ3v) is 2.13. The molecule has 1 aromatic heterocycles. The Bertz CT molecular complexity index is 299. The summed E-state index contributed by atoms with van der Waals surface area (Å²) < 4.78 is 30.0. The van der Waals surface area contributed by atoms with Gasteiger partial charge in [0, 0.05) is 19.0 Å². The molecular formula is C8H11F2N3O. The average molecular weight is 203 g/mol. The molecule has 14 heavy (non-hydrogen) atoms. The van der Waals surface area contributed by atoms with Crippen molar-refractivity contribution in [2.24, 2.45) is 5.92 Å². The Morgan fingerprint density at radius 1 is 1.64 bits per heavy atom. The molecule has 0 aliphatic carbocycles. The predicted octanol–water partition coefficient (Wildman–Crippen LogP) is 0.876. The van der Waals surface area contributed by atoms with Crippen molar-refractivity contribution in [3.8, 4) is 5.75 Å². The van der Waals surface area contributed by atoms with Crippen molar-refractivity contribution in [3.05, 3.63) is 12.4 Å². The van der Waals surface area contributed by atoms with Crippen molar-refractivity contribution in [1.29, 1.82) is 0 Å². The first-order chi connectivity index (χ1) is 6.75. The van der Waals surface area contributed by atoms with Crippen LogP contribution in [-0.4, -0.2) is 29.5 Å². The van der Waals surface area contributed by atoms with Crippen LogP contribution in [0.5, 0.6) is 5.75 Å². The smallest absolute Gasteiger partial charge is 0.333 e. The molecule has 1 aromatic rings. The molecule has 4 nitrogen and oxygen atoms in total. The second kappa shape index (κ2) is 3.91. The Morgan fingerprint density at radius 2 is 2.43 bits per heavy atom. The van der Waals surface area contributed by atoms with Crippen LogP contribution in [-0.2, 0) is 0 Å². The van der Waals surface area contributed by atoms with Crippen molar-refractivity contribution < 1.29 is 13.5 Å². The summed E-state index contributed by atoms with van der Waals surface area (Å²) in [5.41, 5.74) is 0. The molecule has 1 fully saturated rings. The zero-order chi connectivity index (χ0) is 9.97. The molecule has 2 heterocycles. The molecule has 0 radical (unpaired) electrons. The minimum atomic E-state index is -2.60. The third-order valence-electron chi connectivity index (χ3n) is 2.13. The second-order valence-electron chi connectivity index (χ2n) is 3.27. The molecule has 0 spiro atoms. The van der Waals surface area contributed by atoms with Crippen LogP contribution >= 0.6 is 0 Å². The fourth-order valence-electron chi connectivity index (χ4n) is 1.18. The van der Waals surface area contributed by atoms with E-state index in [4.69, 9.17) is 4.74 Å². The van der Waals surface area contributed by atoms with Crippen LogP contribution in [0.2, 0.25) is 0 Å². The van der Waals surface area contributed by atoms with E-state index in [1.807, 2.05) is 0 Å². The van der Waals surface area contributed by atoms with E-state index in [0.717, 1.165) is 13.1 Å². The van der Waals surface area contributed by atoms with Gasteiger partial charge in [0.1, 0.15) is 0 Å². The Kier molecular flexibility index (Phi) is 2.62. The predicted molar refractivity (Wildman–Crippen MR) is 45.3 cm³/mol. The van der Waals surface area contributed by atoms with Gasteiger partial charge in [-0.1, -0.05) is 0 Å². The maximum atomic E-state index is 12.1. The van der Waals surface area contributed by atoms with Crippen molar-refractivity contribution in [1.82, 2.24) is 15.1 Å². The van der Waals surface area contributed by atoms with E-state index in [9.17, 15) is 8.78 Å². The van der Waals surface area contributed by atoms with Gasteiger partial charge in [-0.3, -0.25) is 0 Å². The van der Waals surface area contributed by atoms with Gasteiger partial charge in [0.15, 0.2) is 5.75 Å². The third kappa shape index (κ3) is 2.01. The number of nitrogens with one attached hydrogen (secondary N) is 1. The monoisotopic (exact) mass is 203 g/mol. The summed E-state index contributed by atoms with van der Waals surface area (Å²) in [6.07, 6.45) is 2.51. The molecule has 1 saturated heterocycles. The standard InChI is InChI=1S/C8H11F2N3O/c9-8(10)13-4-7(3-12-13)14-5-6-1-11-2-6/h3-4,6,8,11H,1-2,5H2. The van der Waals surface area contributed by atoms with Gasteiger partial charge >= 0.3 is 6.55 Å². The summed E-state index contributed by atoms with van der Waals surface area (Å²) in [5, 5.41) is 6.56. The zero-order valence-electron chi connectivity index (χ0n) is 7.49. The number of halogens is 2. The molecule has 2 rings (SSSR count). The Hall–Kier alpha value is -1.17. The molecule has 0 atom stereocenters. The lowest BCUT2D eigenvalue weighted by Gasteiger charge is -2.26. The van der Waals surface area contributed by atoms with Crippen LogP contribution in [0.15, 0.2) is 12.4 Å². The van der Waals surface area contributed by atoms with Gasteiger partial charge in [0.25, 0.3) is 0 Å². The van der Waals surface area contributed by atoms with Crippen LogP contribution in [0, 0.1) is 5.92 Å². The molecule has 78 valence electrons. The van der Waals surface area contributed by atoms with Crippen LogP contribution < -0.4 is 10.1 Å². The van der Waals surface area contributed by atoms with Gasteiger partial charge in [-0.05, 0) is 0 Å². The van der Waals surface area contributed by atoms with E-state index in [1.165, 1.54) is 12.4 Å². The molecule has 0 amide bonds. The Morgan fingerprint density at radius 3 is 2.93 bits per heavy atom. The normalized spacial score (nSPS) is 17.1. The number of hydrogen-bond acceptors (Lipinski definition) is 3. The first kappa shape index (κ1) is 9.39. The summed E-state index contributed by atoms with van der Waals surface area (Å²) in [6.45, 7) is -0.175. The van der Waals surface area contributed by atoms with Gasteiger partial charge in [-0.25, -0.2) is 4.68 Å². The van der Waals surface area contributed by atoms with E-state index >= 15 is 0 Å². The summed E-state index contributed by atoms with van der Waals surface area (Å²) in [5.74, 6) is 0.891. The van der Waals surface area contributed by atoms with E-state index < -0.39 is 6.55 Å². The number of alkyl halides is 2. The van der Waals surface area contributed by atoms with Gasteiger partial charge in [0.05, 0.1) is 19.0 Å². The number of rotatable bonds is 4. The van der Waals surface area contributed by atoms with Crippen molar-refractivity contribution in [2.45, 2.75) is 6.55 Å². The highest BCUT2D eigenvalue weighted by Crippen LogP contribution is 2.16. The molecule has 1 aliphatic heterocycles. The minimum absolute atomic E-state index is 0.400. The molecule has 0 bridgehead atoms. The lowest BCUT2D eigenvalue weighted by atomic mass is 10.1. The van der Waals surface area contributed by atoms with Gasteiger partial charge < -0.3 is 10.1 Å². The second-order valence-corrected chi connectivity index (χ2v) is 3.27. The van der Waals surface area contributed by atoms with E-state index in [0.29, 0.717) is 23.0 Å². The number of ether oxygens (including phenoxy) is 1. The SMILES string of the molecule is FC(F)n1cc(OCC2CNC2)cn1. The Balaban J connectivity index is 1.83. The summed E-state index contributed by atoms with van der Waals surface area (Å²) in [4.78, 5) is 0. The molecular weight excluding hydrogens is 192 g/mol. The molecule has 0 aromatic carbocycles. The van der Waals surface area contributed by atoms with Crippen LogP contribution in [0.4, 0.5) is 8.78 Å². The summed E-state index contributed by atoms with van der Waals surface area (Å²) >= 11 is 0. The zero-order valence-corrected chi connectivity index (χ0v) is 7.49. The van der Waals surface area contributed by atoms with E-state index in [-0.39, 0.29) is 0 Å². The first-order valence-electron chi connectivity index (χ1n) is 4.41. The highest BCUT2D eigenvalue weighted by molar-refractivity contribution is 5.11. The highest BCUT2D eigenvalue weighted by atomic mass is 19.3. The molecule has 1 N–H and O–H groups in total. The number of hydrogen-bond donors (Lipinski definition) is 1. The molecule has 6 heteroatoms. The Labute approximate surface area is 79.9 Å². The van der Waals surface area contributed by atoms with Crippen molar-refractivity contribution in [3.63, 3.8) is 0 Å². The maximum Gasteiger partial charge on any atom is 0.333 e.